The van der Waals surface area contributed by atoms with Crippen molar-refractivity contribution < 1.29 is 17.2 Å². The fraction of sp³-hybridized carbons (Fsp3) is 0.467. The van der Waals surface area contributed by atoms with E-state index in [0.29, 0.717) is 29.8 Å². The molecule has 9 heteroatoms. The van der Waals surface area contributed by atoms with Crippen LogP contribution in [0, 0.1) is 5.92 Å². The Hall–Kier alpha value is -1.87. The van der Waals surface area contributed by atoms with Gasteiger partial charge in [0.1, 0.15) is 5.82 Å². The fourth-order valence-corrected chi connectivity index (χ4v) is 4.07. The second-order valence-electron chi connectivity index (χ2n) is 6.01. The summed E-state index contributed by atoms with van der Waals surface area (Å²) in [5.74, 6) is -0.349. The van der Waals surface area contributed by atoms with Gasteiger partial charge in [-0.1, -0.05) is 12.1 Å². The van der Waals surface area contributed by atoms with Crippen LogP contribution in [0.15, 0.2) is 24.3 Å². The Labute approximate surface area is 138 Å². The van der Waals surface area contributed by atoms with Crippen molar-refractivity contribution >= 4 is 26.7 Å². The van der Waals surface area contributed by atoms with Gasteiger partial charge in [0.15, 0.2) is 5.82 Å². The van der Waals surface area contributed by atoms with E-state index in [9.17, 15) is 17.2 Å². The molecule has 0 saturated carbocycles. The first-order chi connectivity index (χ1) is 11.3. The Morgan fingerprint density at radius 1 is 1.29 bits per heavy atom. The number of alkyl halides is 2. The zero-order valence-electron chi connectivity index (χ0n) is 12.9. The largest absolute Gasteiger partial charge is 0.356 e. The molecule has 0 spiro atoms. The summed E-state index contributed by atoms with van der Waals surface area (Å²) in [4.78, 5) is 9.80. The molecule has 1 atom stereocenters. The monoisotopic (exact) mass is 356 g/mol. The number of aromatic nitrogens is 2. The van der Waals surface area contributed by atoms with Gasteiger partial charge in [-0.05, 0) is 30.9 Å². The van der Waals surface area contributed by atoms with Gasteiger partial charge < -0.3 is 4.90 Å². The molecule has 2 heterocycles. The van der Waals surface area contributed by atoms with Crippen LogP contribution in [0.2, 0.25) is 0 Å². The number of sulfonamides is 1. The van der Waals surface area contributed by atoms with Crippen molar-refractivity contribution in [3.05, 3.63) is 30.1 Å². The highest BCUT2D eigenvalue weighted by atomic mass is 32.2. The molecule has 2 aromatic rings. The first kappa shape index (κ1) is 17.0. The van der Waals surface area contributed by atoms with Crippen molar-refractivity contribution in [2.24, 2.45) is 11.1 Å². The molecule has 1 aromatic carbocycles. The van der Waals surface area contributed by atoms with Crippen molar-refractivity contribution in [2.45, 2.75) is 19.3 Å². The van der Waals surface area contributed by atoms with Gasteiger partial charge >= 0.3 is 0 Å². The van der Waals surface area contributed by atoms with E-state index in [1.165, 1.54) is 0 Å². The van der Waals surface area contributed by atoms with Crippen LogP contribution in [0.1, 0.15) is 25.1 Å². The third-order valence-corrected chi connectivity index (χ3v) is 5.02. The lowest BCUT2D eigenvalue weighted by Crippen LogP contribution is -2.40. The maximum absolute atomic E-state index is 13.1. The summed E-state index contributed by atoms with van der Waals surface area (Å²) in [5.41, 5.74) is 0.450. The molecule has 6 nitrogen and oxygen atoms in total. The van der Waals surface area contributed by atoms with Crippen molar-refractivity contribution in [1.29, 1.82) is 0 Å². The van der Waals surface area contributed by atoms with Crippen LogP contribution in [0.3, 0.4) is 0 Å². The molecular formula is C15H18F2N4O2S. The van der Waals surface area contributed by atoms with Crippen molar-refractivity contribution in [3.63, 3.8) is 0 Å². The second kappa shape index (κ2) is 6.56. The lowest BCUT2D eigenvalue weighted by molar-refractivity contribution is 0.141. The molecule has 1 unspecified atom stereocenters. The number of benzene rings is 1. The molecule has 1 aliphatic heterocycles. The molecule has 0 bridgehead atoms. The summed E-state index contributed by atoms with van der Waals surface area (Å²) in [5, 5.41) is 5.81. The maximum Gasteiger partial charge on any atom is 0.297 e. The zero-order valence-corrected chi connectivity index (χ0v) is 13.7. The number of fused-ring (bicyclic) bond motifs is 1. The highest BCUT2D eigenvalue weighted by Crippen LogP contribution is 2.30. The Bertz CT molecular complexity index is 844. The SMILES string of the molecule is NS(=O)(=O)CC1CCCN(c2nc(C(F)F)nc3ccccc23)C1. The number of halogens is 2. The van der Waals surface area contributed by atoms with E-state index in [4.69, 9.17) is 5.14 Å². The molecule has 1 saturated heterocycles. The average Bonchev–Trinajstić information content (AvgIpc) is 2.52. The van der Waals surface area contributed by atoms with Crippen LogP contribution < -0.4 is 10.0 Å². The molecule has 1 fully saturated rings. The molecular weight excluding hydrogens is 338 g/mol. The minimum Gasteiger partial charge on any atom is -0.356 e. The van der Waals surface area contributed by atoms with Gasteiger partial charge in [0, 0.05) is 18.5 Å². The number of piperidine rings is 1. The second-order valence-corrected chi connectivity index (χ2v) is 7.67. The van der Waals surface area contributed by atoms with Crippen LogP contribution >= 0.6 is 0 Å². The quantitative estimate of drug-likeness (QED) is 0.906. The summed E-state index contributed by atoms with van der Waals surface area (Å²) in [6.07, 6.45) is -1.28. The summed E-state index contributed by atoms with van der Waals surface area (Å²) in [6.45, 7) is 1.05. The third-order valence-electron chi connectivity index (χ3n) is 4.08. The Morgan fingerprint density at radius 2 is 2.04 bits per heavy atom. The minimum atomic E-state index is -3.57. The molecule has 0 aliphatic carbocycles. The van der Waals surface area contributed by atoms with Crippen LogP contribution in [-0.4, -0.2) is 37.2 Å². The van der Waals surface area contributed by atoms with Crippen LogP contribution in [0.25, 0.3) is 10.9 Å². The average molecular weight is 356 g/mol. The van der Waals surface area contributed by atoms with Gasteiger partial charge in [-0.15, -0.1) is 0 Å². The number of hydrogen-bond acceptors (Lipinski definition) is 5. The maximum atomic E-state index is 13.1. The van der Waals surface area contributed by atoms with Gasteiger partial charge in [-0.25, -0.2) is 32.3 Å². The molecule has 130 valence electrons. The van der Waals surface area contributed by atoms with E-state index in [1.807, 2.05) is 4.90 Å². The predicted molar refractivity (Wildman–Crippen MR) is 87.4 cm³/mol. The van der Waals surface area contributed by atoms with E-state index in [0.717, 1.165) is 12.8 Å². The predicted octanol–water partition coefficient (Wildman–Crippen LogP) is 2.07. The van der Waals surface area contributed by atoms with E-state index < -0.39 is 22.3 Å². The number of para-hydroxylation sites is 1. The first-order valence-corrected chi connectivity index (χ1v) is 9.35. The van der Waals surface area contributed by atoms with Crippen molar-refractivity contribution in [2.75, 3.05) is 23.7 Å². The summed E-state index contributed by atoms with van der Waals surface area (Å²) in [7, 11) is -3.57. The zero-order chi connectivity index (χ0) is 17.3. The Kier molecular flexibility index (Phi) is 4.64. The Morgan fingerprint density at radius 3 is 2.75 bits per heavy atom. The molecule has 0 radical (unpaired) electrons. The molecule has 2 N–H and O–H groups in total. The van der Waals surface area contributed by atoms with E-state index in [-0.39, 0.29) is 11.7 Å². The number of nitrogens with two attached hydrogens (primary N) is 1. The first-order valence-electron chi connectivity index (χ1n) is 7.64. The normalized spacial score (nSPS) is 19.2. The Balaban J connectivity index is 1.98. The number of rotatable bonds is 4. The van der Waals surface area contributed by atoms with Crippen molar-refractivity contribution in [1.82, 2.24) is 9.97 Å². The fourth-order valence-electron chi connectivity index (χ4n) is 3.14. The molecule has 0 amide bonds. The van der Waals surface area contributed by atoms with E-state index >= 15 is 0 Å². The number of anilines is 1. The summed E-state index contributed by atoms with van der Waals surface area (Å²) in [6, 6.07) is 6.97. The lowest BCUT2D eigenvalue weighted by Gasteiger charge is -2.33. The summed E-state index contributed by atoms with van der Waals surface area (Å²) < 4.78 is 48.9. The van der Waals surface area contributed by atoms with Crippen LogP contribution in [-0.2, 0) is 10.0 Å². The lowest BCUT2D eigenvalue weighted by atomic mass is 10.00. The van der Waals surface area contributed by atoms with Gasteiger partial charge in [0.25, 0.3) is 6.43 Å². The van der Waals surface area contributed by atoms with Crippen LogP contribution in [0.4, 0.5) is 14.6 Å². The van der Waals surface area contributed by atoms with Gasteiger partial charge in [0.05, 0.1) is 11.3 Å². The smallest absolute Gasteiger partial charge is 0.297 e. The summed E-state index contributed by atoms with van der Waals surface area (Å²) >= 11 is 0. The number of primary sulfonamides is 1. The van der Waals surface area contributed by atoms with Crippen molar-refractivity contribution in [3.8, 4) is 0 Å². The number of nitrogens with zero attached hydrogens (tertiary/aromatic N) is 3. The van der Waals surface area contributed by atoms with Gasteiger partial charge in [-0.3, -0.25) is 0 Å². The topological polar surface area (TPSA) is 89.2 Å². The standard InChI is InChI=1S/C15H18F2N4O2S/c16-13(17)14-19-12-6-2-1-5-11(12)15(20-14)21-7-3-4-10(8-21)9-24(18,22)23/h1-2,5-6,10,13H,3-4,7-9H2,(H2,18,22,23). The van der Waals surface area contributed by atoms with Gasteiger partial charge in [0.2, 0.25) is 10.0 Å². The van der Waals surface area contributed by atoms with E-state index in [1.54, 1.807) is 24.3 Å². The highest BCUT2D eigenvalue weighted by molar-refractivity contribution is 7.89. The molecule has 3 rings (SSSR count). The minimum absolute atomic E-state index is 0.117. The highest BCUT2D eigenvalue weighted by Gasteiger charge is 2.26. The molecule has 1 aliphatic rings. The number of hydrogen-bond donors (Lipinski definition) is 1. The molecule has 24 heavy (non-hydrogen) atoms. The molecule has 1 aromatic heterocycles. The van der Waals surface area contributed by atoms with Crippen LogP contribution in [0.5, 0.6) is 0 Å². The van der Waals surface area contributed by atoms with Gasteiger partial charge in [-0.2, -0.15) is 0 Å². The third kappa shape index (κ3) is 3.78. The van der Waals surface area contributed by atoms with E-state index in [2.05, 4.69) is 9.97 Å².